The minimum Gasteiger partial charge on any atom is -0.250 e. The molecule has 0 fully saturated rings. The topological polar surface area (TPSA) is 12.9 Å². The molecule has 5 heteroatoms. The number of hydrogen-bond donors (Lipinski definition) is 0. The van der Waals surface area contributed by atoms with Gasteiger partial charge in [0.15, 0.2) is 4.34 Å². The molecule has 2 aromatic rings. The summed E-state index contributed by atoms with van der Waals surface area (Å²) < 4.78 is 13.9. The van der Waals surface area contributed by atoms with E-state index in [-0.39, 0.29) is 6.67 Å². The predicted molar refractivity (Wildman–Crippen MR) is 61.3 cm³/mol. The van der Waals surface area contributed by atoms with Gasteiger partial charge in [-0.3, -0.25) is 4.39 Å². The van der Waals surface area contributed by atoms with Gasteiger partial charge in [0.2, 0.25) is 0 Å². The fraction of sp³-hybridized carbons (Fsp3) is 0.222. The number of aromatic nitrogens is 1. The molecule has 0 unspecified atom stereocenters. The number of halogens is 2. The van der Waals surface area contributed by atoms with Gasteiger partial charge in [-0.05, 0) is 18.2 Å². The molecule has 1 nitrogen and oxygen atoms in total. The van der Waals surface area contributed by atoms with Gasteiger partial charge in [-0.1, -0.05) is 23.4 Å². The molecule has 0 saturated heterocycles. The lowest BCUT2D eigenvalue weighted by atomic mass is 10.3. The zero-order valence-electron chi connectivity index (χ0n) is 7.17. The molecule has 0 atom stereocenters. The van der Waals surface area contributed by atoms with Crippen LogP contribution in [0.4, 0.5) is 4.39 Å². The Hall–Kier alpha value is -0.320. The van der Waals surface area contributed by atoms with Gasteiger partial charge in [-0.25, -0.2) is 4.98 Å². The van der Waals surface area contributed by atoms with E-state index in [0.29, 0.717) is 10.8 Å². The standard InChI is InChI=1S/C9H7ClFNS2/c10-6-1-2-8-7(5-6)12-9(14-8)13-4-3-11/h1-2,5H,3-4H2. The first-order valence-corrected chi connectivity index (χ1v) is 6.22. The number of thiazole rings is 1. The molecule has 0 bridgehead atoms. The Labute approximate surface area is 94.3 Å². The first kappa shape index (κ1) is 10.2. The summed E-state index contributed by atoms with van der Waals surface area (Å²) >= 11 is 8.84. The summed E-state index contributed by atoms with van der Waals surface area (Å²) in [6.07, 6.45) is 0. The molecule has 1 heterocycles. The number of nitrogens with zero attached hydrogens (tertiary/aromatic N) is 1. The van der Waals surface area contributed by atoms with Gasteiger partial charge >= 0.3 is 0 Å². The van der Waals surface area contributed by atoms with Crippen LogP contribution >= 0.6 is 34.7 Å². The lowest BCUT2D eigenvalue weighted by Crippen LogP contribution is -1.78. The highest BCUT2D eigenvalue weighted by Gasteiger charge is 2.04. The van der Waals surface area contributed by atoms with Crippen LogP contribution in [-0.2, 0) is 0 Å². The highest BCUT2D eigenvalue weighted by molar-refractivity contribution is 8.01. The zero-order valence-corrected chi connectivity index (χ0v) is 9.55. The second-order valence-electron chi connectivity index (χ2n) is 2.63. The van der Waals surface area contributed by atoms with Crippen LogP contribution in [-0.4, -0.2) is 17.4 Å². The molecule has 0 aliphatic rings. The average molecular weight is 248 g/mol. The summed E-state index contributed by atoms with van der Waals surface area (Å²) in [5.41, 5.74) is 0.892. The van der Waals surface area contributed by atoms with Crippen molar-refractivity contribution in [2.75, 3.05) is 12.4 Å². The van der Waals surface area contributed by atoms with Crippen LogP contribution in [0.3, 0.4) is 0 Å². The van der Waals surface area contributed by atoms with Crippen molar-refractivity contribution in [1.29, 1.82) is 0 Å². The Morgan fingerprint density at radius 1 is 1.50 bits per heavy atom. The van der Waals surface area contributed by atoms with Crippen LogP contribution in [0.5, 0.6) is 0 Å². The van der Waals surface area contributed by atoms with E-state index in [9.17, 15) is 4.39 Å². The van der Waals surface area contributed by atoms with E-state index in [1.54, 1.807) is 11.3 Å². The van der Waals surface area contributed by atoms with Crippen molar-refractivity contribution in [3.05, 3.63) is 23.2 Å². The van der Waals surface area contributed by atoms with Crippen LogP contribution in [0.25, 0.3) is 10.2 Å². The van der Waals surface area contributed by atoms with Crippen molar-refractivity contribution in [3.8, 4) is 0 Å². The highest BCUT2D eigenvalue weighted by atomic mass is 35.5. The van der Waals surface area contributed by atoms with Gasteiger partial charge in [0, 0.05) is 10.8 Å². The summed E-state index contributed by atoms with van der Waals surface area (Å²) in [5.74, 6) is 0.466. The molecule has 14 heavy (non-hydrogen) atoms. The monoisotopic (exact) mass is 247 g/mol. The number of alkyl halides is 1. The quantitative estimate of drug-likeness (QED) is 0.760. The number of hydrogen-bond acceptors (Lipinski definition) is 3. The molecule has 0 aliphatic heterocycles. The molecule has 0 spiro atoms. The van der Waals surface area contributed by atoms with Crippen LogP contribution in [0.2, 0.25) is 5.02 Å². The van der Waals surface area contributed by atoms with Gasteiger partial charge in [0.25, 0.3) is 0 Å². The first-order valence-electron chi connectivity index (χ1n) is 4.04. The Kier molecular flexibility index (Phi) is 3.26. The third kappa shape index (κ3) is 2.19. The Morgan fingerprint density at radius 3 is 3.14 bits per heavy atom. The van der Waals surface area contributed by atoms with E-state index in [0.717, 1.165) is 14.6 Å². The molecule has 74 valence electrons. The van der Waals surface area contributed by atoms with Gasteiger partial charge in [0.05, 0.1) is 16.9 Å². The summed E-state index contributed by atoms with van der Waals surface area (Å²) in [5, 5.41) is 0.685. The minimum atomic E-state index is -0.318. The van der Waals surface area contributed by atoms with Crippen molar-refractivity contribution in [2.24, 2.45) is 0 Å². The fourth-order valence-corrected chi connectivity index (χ4v) is 3.08. The van der Waals surface area contributed by atoms with E-state index in [1.165, 1.54) is 11.8 Å². The summed E-state index contributed by atoms with van der Waals surface area (Å²) in [4.78, 5) is 4.34. The molecule has 0 radical (unpaired) electrons. The van der Waals surface area contributed by atoms with E-state index >= 15 is 0 Å². The Balaban J connectivity index is 2.32. The first-order chi connectivity index (χ1) is 6.79. The number of thioether (sulfide) groups is 1. The number of fused-ring (bicyclic) bond motifs is 1. The van der Waals surface area contributed by atoms with E-state index in [4.69, 9.17) is 11.6 Å². The molecule has 0 saturated carbocycles. The second kappa shape index (κ2) is 4.47. The highest BCUT2D eigenvalue weighted by Crippen LogP contribution is 2.30. The molecule has 0 amide bonds. The Morgan fingerprint density at radius 2 is 2.36 bits per heavy atom. The number of benzene rings is 1. The summed E-state index contributed by atoms with van der Waals surface area (Å²) in [6, 6.07) is 5.60. The van der Waals surface area contributed by atoms with Crippen LogP contribution < -0.4 is 0 Å². The van der Waals surface area contributed by atoms with Crippen LogP contribution in [0.1, 0.15) is 0 Å². The Bertz CT molecular complexity index is 443. The van der Waals surface area contributed by atoms with Gasteiger partial charge in [-0.15, -0.1) is 11.3 Å². The third-order valence-electron chi connectivity index (χ3n) is 1.63. The second-order valence-corrected chi connectivity index (χ2v) is 5.44. The molecular weight excluding hydrogens is 241 g/mol. The molecular formula is C9H7ClFNS2. The smallest absolute Gasteiger partial charge is 0.151 e. The van der Waals surface area contributed by atoms with E-state index in [1.807, 2.05) is 18.2 Å². The molecule has 0 N–H and O–H groups in total. The lowest BCUT2D eigenvalue weighted by Gasteiger charge is -1.88. The van der Waals surface area contributed by atoms with E-state index < -0.39 is 0 Å². The SMILES string of the molecule is FCCSc1nc2cc(Cl)ccc2s1. The molecule has 1 aromatic heterocycles. The minimum absolute atomic E-state index is 0.318. The normalized spacial score (nSPS) is 11.0. The maximum atomic E-state index is 11.9. The third-order valence-corrected chi connectivity index (χ3v) is 4.00. The van der Waals surface area contributed by atoms with E-state index in [2.05, 4.69) is 4.98 Å². The van der Waals surface area contributed by atoms with Crippen molar-refractivity contribution in [2.45, 2.75) is 4.34 Å². The molecule has 0 aliphatic carbocycles. The van der Waals surface area contributed by atoms with Gasteiger partial charge in [0.1, 0.15) is 0 Å². The molecule has 2 rings (SSSR count). The summed E-state index contributed by atoms with van der Waals surface area (Å²) in [7, 11) is 0. The summed E-state index contributed by atoms with van der Waals surface area (Å²) in [6.45, 7) is -0.318. The van der Waals surface area contributed by atoms with Gasteiger partial charge < -0.3 is 0 Å². The van der Waals surface area contributed by atoms with Crippen molar-refractivity contribution in [1.82, 2.24) is 4.98 Å². The van der Waals surface area contributed by atoms with Crippen molar-refractivity contribution in [3.63, 3.8) is 0 Å². The number of rotatable bonds is 3. The fourth-order valence-electron chi connectivity index (χ4n) is 1.07. The van der Waals surface area contributed by atoms with Crippen LogP contribution in [0.15, 0.2) is 22.5 Å². The zero-order chi connectivity index (χ0) is 9.97. The van der Waals surface area contributed by atoms with Gasteiger partial charge in [-0.2, -0.15) is 0 Å². The maximum Gasteiger partial charge on any atom is 0.151 e. The largest absolute Gasteiger partial charge is 0.250 e. The maximum absolute atomic E-state index is 11.9. The van der Waals surface area contributed by atoms with Crippen molar-refractivity contribution >= 4 is 44.9 Å². The molecule has 1 aromatic carbocycles. The average Bonchev–Trinajstić information content (AvgIpc) is 2.56. The predicted octanol–water partition coefficient (Wildman–Crippen LogP) is 4.01. The lowest BCUT2D eigenvalue weighted by molar-refractivity contribution is 0.533. The van der Waals surface area contributed by atoms with Crippen molar-refractivity contribution < 1.29 is 4.39 Å². The van der Waals surface area contributed by atoms with Crippen LogP contribution in [0, 0.1) is 0 Å².